The summed E-state index contributed by atoms with van der Waals surface area (Å²) in [4.78, 5) is 0. The zero-order valence-corrected chi connectivity index (χ0v) is 8.65. The molecule has 0 radical (unpaired) electrons. The molecule has 0 aromatic carbocycles. The summed E-state index contributed by atoms with van der Waals surface area (Å²) in [6, 6.07) is 2.20. The molecule has 1 heterocycles. The van der Waals surface area contributed by atoms with Crippen molar-refractivity contribution in [3.05, 3.63) is 22.4 Å². The van der Waals surface area contributed by atoms with Crippen LogP contribution in [-0.4, -0.2) is 11.7 Å². The van der Waals surface area contributed by atoms with Gasteiger partial charge in [-0.05, 0) is 59.9 Å². The molecule has 1 aromatic rings. The summed E-state index contributed by atoms with van der Waals surface area (Å²) in [7, 11) is 0. The smallest absolute Gasteiger partial charge is 0.0487 e. The summed E-state index contributed by atoms with van der Waals surface area (Å²) in [5.41, 5.74) is 1.80. The number of rotatable bonds is 5. The number of thiophene rings is 1. The van der Waals surface area contributed by atoms with Gasteiger partial charge in [0.2, 0.25) is 0 Å². The first-order valence-corrected chi connectivity index (χ1v) is 5.91. The van der Waals surface area contributed by atoms with Crippen LogP contribution in [0.5, 0.6) is 0 Å². The van der Waals surface area contributed by atoms with E-state index in [1.807, 2.05) is 0 Å². The first-order chi connectivity index (χ1) is 6.35. The zero-order chi connectivity index (χ0) is 9.15. The van der Waals surface area contributed by atoms with Crippen LogP contribution >= 0.6 is 11.3 Å². The Kier molecular flexibility index (Phi) is 2.70. The zero-order valence-electron chi connectivity index (χ0n) is 7.83. The van der Waals surface area contributed by atoms with Gasteiger partial charge in [0.25, 0.3) is 0 Å². The Morgan fingerprint density at radius 2 is 2.31 bits per heavy atom. The second kappa shape index (κ2) is 3.81. The van der Waals surface area contributed by atoms with E-state index in [1.54, 1.807) is 11.3 Å². The minimum atomic E-state index is 0.343. The Labute approximate surface area is 83.4 Å². The summed E-state index contributed by atoms with van der Waals surface area (Å²) >= 11 is 1.77. The summed E-state index contributed by atoms with van der Waals surface area (Å²) in [5, 5.41) is 13.5. The molecular weight excluding hydrogens is 180 g/mol. The molecule has 2 rings (SSSR count). The van der Waals surface area contributed by atoms with Crippen molar-refractivity contribution >= 4 is 11.3 Å². The van der Waals surface area contributed by atoms with E-state index in [4.69, 9.17) is 5.11 Å². The molecule has 0 aliphatic heterocycles. The van der Waals surface area contributed by atoms with Crippen LogP contribution in [0, 0.1) is 5.41 Å². The summed E-state index contributed by atoms with van der Waals surface area (Å²) < 4.78 is 0. The Morgan fingerprint density at radius 1 is 1.46 bits per heavy atom. The van der Waals surface area contributed by atoms with E-state index in [0.29, 0.717) is 12.0 Å². The van der Waals surface area contributed by atoms with Gasteiger partial charge >= 0.3 is 0 Å². The topological polar surface area (TPSA) is 20.2 Å². The average Bonchev–Trinajstić information content (AvgIpc) is 2.74. The van der Waals surface area contributed by atoms with E-state index in [9.17, 15) is 0 Å². The lowest BCUT2D eigenvalue weighted by Crippen LogP contribution is -2.06. The molecule has 0 amide bonds. The van der Waals surface area contributed by atoms with Crippen molar-refractivity contribution in [3.63, 3.8) is 0 Å². The van der Waals surface area contributed by atoms with Gasteiger partial charge in [-0.3, -0.25) is 0 Å². The predicted molar refractivity (Wildman–Crippen MR) is 56.0 cm³/mol. The normalized spacial score (nSPS) is 18.8. The molecule has 0 spiro atoms. The number of aryl methyl sites for hydroxylation is 1. The van der Waals surface area contributed by atoms with Gasteiger partial charge in [0, 0.05) is 6.61 Å². The molecule has 1 nitrogen and oxygen atoms in total. The van der Waals surface area contributed by atoms with Crippen molar-refractivity contribution in [2.24, 2.45) is 5.41 Å². The highest BCUT2D eigenvalue weighted by atomic mass is 32.1. The van der Waals surface area contributed by atoms with Gasteiger partial charge in [-0.25, -0.2) is 0 Å². The molecule has 1 N–H and O–H groups in total. The van der Waals surface area contributed by atoms with Crippen molar-refractivity contribution in [3.8, 4) is 0 Å². The van der Waals surface area contributed by atoms with Gasteiger partial charge in [0.15, 0.2) is 0 Å². The van der Waals surface area contributed by atoms with Crippen molar-refractivity contribution in [2.75, 3.05) is 6.61 Å². The van der Waals surface area contributed by atoms with Crippen LogP contribution in [0.3, 0.4) is 0 Å². The van der Waals surface area contributed by atoms with Crippen LogP contribution in [0.25, 0.3) is 0 Å². The van der Waals surface area contributed by atoms with Crippen LogP contribution in [0.1, 0.15) is 31.2 Å². The fraction of sp³-hybridized carbons (Fsp3) is 0.636. The quantitative estimate of drug-likeness (QED) is 0.767. The van der Waals surface area contributed by atoms with Crippen molar-refractivity contribution in [2.45, 2.75) is 32.1 Å². The van der Waals surface area contributed by atoms with Crippen LogP contribution in [0.15, 0.2) is 16.8 Å². The molecule has 0 saturated heterocycles. The highest BCUT2D eigenvalue weighted by molar-refractivity contribution is 7.07. The summed E-state index contributed by atoms with van der Waals surface area (Å²) in [6.07, 6.45) is 6.11. The number of aliphatic hydroxyl groups is 1. The summed E-state index contributed by atoms with van der Waals surface area (Å²) in [5.74, 6) is 0. The van der Waals surface area contributed by atoms with Gasteiger partial charge in [0.1, 0.15) is 0 Å². The third kappa shape index (κ3) is 2.32. The van der Waals surface area contributed by atoms with Gasteiger partial charge < -0.3 is 5.11 Å². The molecule has 1 aliphatic rings. The van der Waals surface area contributed by atoms with Crippen LogP contribution in [0.4, 0.5) is 0 Å². The number of hydrogen-bond acceptors (Lipinski definition) is 2. The maximum atomic E-state index is 9.12. The maximum Gasteiger partial charge on any atom is 0.0487 e. The SMILES string of the molecule is OCC1(CCCc2ccsc2)CC1. The monoisotopic (exact) mass is 196 g/mol. The van der Waals surface area contributed by atoms with Crippen LogP contribution < -0.4 is 0 Å². The average molecular weight is 196 g/mol. The Morgan fingerprint density at radius 3 is 2.85 bits per heavy atom. The molecule has 1 saturated carbocycles. The van der Waals surface area contributed by atoms with Crippen molar-refractivity contribution in [1.29, 1.82) is 0 Å². The third-order valence-corrected chi connectivity index (χ3v) is 3.78. The first-order valence-electron chi connectivity index (χ1n) is 4.97. The fourth-order valence-electron chi connectivity index (χ4n) is 1.77. The van der Waals surface area contributed by atoms with Gasteiger partial charge in [-0.15, -0.1) is 0 Å². The molecule has 1 aromatic heterocycles. The predicted octanol–water partition coefficient (Wildman–Crippen LogP) is 2.84. The second-order valence-corrected chi connectivity index (χ2v) is 4.92. The van der Waals surface area contributed by atoms with Crippen molar-refractivity contribution < 1.29 is 5.11 Å². The Bertz CT molecular complexity index is 249. The fourth-order valence-corrected chi connectivity index (χ4v) is 2.47. The lowest BCUT2D eigenvalue weighted by atomic mass is 9.99. The molecule has 1 aliphatic carbocycles. The second-order valence-electron chi connectivity index (χ2n) is 4.14. The van der Waals surface area contributed by atoms with E-state index in [-0.39, 0.29) is 0 Å². The highest BCUT2D eigenvalue weighted by Crippen LogP contribution is 2.49. The van der Waals surface area contributed by atoms with E-state index >= 15 is 0 Å². The molecule has 2 heteroatoms. The molecule has 0 unspecified atom stereocenters. The molecule has 0 bridgehead atoms. The van der Waals surface area contributed by atoms with E-state index in [0.717, 1.165) is 0 Å². The Balaban J connectivity index is 1.70. The van der Waals surface area contributed by atoms with E-state index in [2.05, 4.69) is 16.8 Å². The lowest BCUT2D eigenvalue weighted by molar-refractivity contribution is 0.201. The van der Waals surface area contributed by atoms with Crippen LogP contribution in [0.2, 0.25) is 0 Å². The first kappa shape index (κ1) is 9.22. The number of hydrogen-bond donors (Lipinski definition) is 1. The van der Waals surface area contributed by atoms with Gasteiger partial charge in [-0.2, -0.15) is 11.3 Å². The maximum absolute atomic E-state index is 9.12. The third-order valence-electron chi connectivity index (χ3n) is 3.05. The molecule has 72 valence electrons. The summed E-state index contributed by atoms with van der Waals surface area (Å²) in [6.45, 7) is 0.399. The van der Waals surface area contributed by atoms with Crippen LogP contribution in [-0.2, 0) is 6.42 Å². The van der Waals surface area contributed by atoms with E-state index in [1.165, 1.54) is 37.7 Å². The largest absolute Gasteiger partial charge is 0.396 e. The number of aliphatic hydroxyl groups excluding tert-OH is 1. The minimum absolute atomic E-state index is 0.343. The lowest BCUT2D eigenvalue weighted by Gasteiger charge is -2.09. The standard InChI is InChI=1S/C11H16OS/c12-9-11(5-6-11)4-1-2-10-3-7-13-8-10/h3,7-8,12H,1-2,4-6,9H2. The highest BCUT2D eigenvalue weighted by Gasteiger charge is 2.40. The minimum Gasteiger partial charge on any atom is -0.396 e. The molecule has 0 atom stereocenters. The van der Waals surface area contributed by atoms with E-state index < -0.39 is 0 Å². The molecule has 1 fully saturated rings. The van der Waals surface area contributed by atoms with Crippen molar-refractivity contribution in [1.82, 2.24) is 0 Å². The molecule has 13 heavy (non-hydrogen) atoms. The van der Waals surface area contributed by atoms with Gasteiger partial charge in [0.05, 0.1) is 0 Å². The molecular formula is C11H16OS. The Hall–Kier alpha value is -0.340. The van der Waals surface area contributed by atoms with Gasteiger partial charge in [-0.1, -0.05) is 0 Å².